The molecule has 2 aromatic carbocycles. The van der Waals surface area contributed by atoms with Crippen molar-refractivity contribution in [3.8, 4) is 0 Å². The maximum absolute atomic E-state index is 12.8. The van der Waals surface area contributed by atoms with Crippen molar-refractivity contribution in [1.82, 2.24) is 15.2 Å². The average Bonchev–Trinajstić information content (AvgIpc) is 3.27. The van der Waals surface area contributed by atoms with Crippen LogP contribution in [0.1, 0.15) is 39.5 Å². The van der Waals surface area contributed by atoms with Gasteiger partial charge < -0.3 is 15.3 Å². The smallest absolute Gasteiger partial charge is 0.252 e. The second-order valence-electron chi connectivity index (χ2n) is 8.08. The van der Waals surface area contributed by atoms with E-state index >= 15 is 0 Å². The number of amides is 2. The normalized spacial score (nSPS) is 15.9. The van der Waals surface area contributed by atoms with Gasteiger partial charge in [0.05, 0.1) is 24.1 Å². The van der Waals surface area contributed by atoms with Crippen molar-refractivity contribution in [1.29, 1.82) is 0 Å². The van der Waals surface area contributed by atoms with Crippen LogP contribution in [0.15, 0.2) is 54.6 Å². The first kappa shape index (κ1) is 21.0. The summed E-state index contributed by atoms with van der Waals surface area (Å²) in [5.41, 5.74) is 4.33. The number of benzene rings is 2. The molecule has 2 heterocycles. The molecule has 0 aliphatic carbocycles. The lowest BCUT2D eigenvalue weighted by atomic mass is 9.99. The van der Waals surface area contributed by atoms with E-state index in [2.05, 4.69) is 5.32 Å². The second-order valence-corrected chi connectivity index (χ2v) is 8.08. The van der Waals surface area contributed by atoms with Crippen molar-refractivity contribution in [3.63, 3.8) is 0 Å². The van der Waals surface area contributed by atoms with Crippen molar-refractivity contribution < 1.29 is 14.7 Å². The maximum Gasteiger partial charge on any atom is 0.252 e. The standard InChI is InChI=1S/C25H27N3O3/c1-17-5-4-6-18(13-17)14-24(30)28-11-9-19(16-28)23-15-21(25(31)26-10-12-29)20-7-2-3-8-22(20)27-23/h2-8,13,15,19,29H,9-12,14,16H2,1H3,(H,26,31)/t19-/m1/s1. The molecule has 1 fully saturated rings. The molecule has 1 saturated heterocycles. The molecular weight excluding hydrogens is 390 g/mol. The molecule has 1 aromatic heterocycles. The minimum atomic E-state index is -0.223. The number of para-hydroxylation sites is 1. The van der Waals surface area contributed by atoms with E-state index in [0.717, 1.165) is 34.1 Å². The Morgan fingerprint density at radius 2 is 2.00 bits per heavy atom. The zero-order valence-corrected chi connectivity index (χ0v) is 17.7. The number of hydrogen-bond donors (Lipinski definition) is 2. The van der Waals surface area contributed by atoms with E-state index in [1.54, 1.807) is 0 Å². The van der Waals surface area contributed by atoms with Crippen LogP contribution >= 0.6 is 0 Å². The number of aromatic nitrogens is 1. The van der Waals surface area contributed by atoms with Crippen LogP contribution in [0.5, 0.6) is 0 Å². The van der Waals surface area contributed by atoms with Gasteiger partial charge in [-0.3, -0.25) is 14.6 Å². The van der Waals surface area contributed by atoms with Crippen LogP contribution in [0.2, 0.25) is 0 Å². The first-order valence-corrected chi connectivity index (χ1v) is 10.7. The van der Waals surface area contributed by atoms with Gasteiger partial charge in [-0.25, -0.2) is 0 Å². The van der Waals surface area contributed by atoms with Crippen molar-refractivity contribution in [3.05, 3.63) is 77.0 Å². The van der Waals surface area contributed by atoms with Gasteiger partial charge in [0.25, 0.3) is 5.91 Å². The number of aliphatic hydroxyl groups is 1. The summed E-state index contributed by atoms with van der Waals surface area (Å²) < 4.78 is 0. The van der Waals surface area contributed by atoms with Crippen LogP contribution in [0.3, 0.4) is 0 Å². The van der Waals surface area contributed by atoms with Crippen LogP contribution in [0, 0.1) is 6.92 Å². The molecule has 31 heavy (non-hydrogen) atoms. The minimum Gasteiger partial charge on any atom is -0.395 e. The first-order chi connectivity index (χ1) is 15.0. The summed E-state index contributed by atoms with van der Waals surface area (Å²) in [6.45, 7) is 3.42. The Morgan fingerprint density at radius 1 is 1.16 bits per heavy atom. The second kappa shape index (κ2) is 9.27. The fourth-order valence-corrected chi connectivity index (χ4v) is 4.19. The average molecular weight is 418 g/mol. The number of rotatable bonds is 6. The van der Waals surface area contributed by atoms with Crippen LogP contribution in [0.4, 0.5) is 0 Å². The molecule has 2 N–H and O–H groups in total. The largest absolute Gasteiger partial charge is 0.395 e. The van der Waals surface area contributed by atoms with Gasteiger partial charge in [-0.05, 0) is 31.0 Å². The molecule has 1 aliphatic heterocycles. The van der Waals surface area contributed by atoms with Crippen molar-refractivity contribution in [2.45, 2.75) is 25.7 Å². The SMILES string of the molecule is Cc1cccc(CC(=O)N2CC[C@@H](c3cc(C(=O)NCCO)c4ccccc4n3)C2)c1. The van der Waals surface area contributed by atoms with E-state index in [9.17, 15) is 9.59 Å². The number of nitrogens with zero attached hydrogens (tertiary/aromatic N) is 2. The molecule has 0 saturated carbocycles. The fraction of sp³-hybridized carbons (Fsp3) is 0.320. The van der Waals surface area contributed by atoms with Gasteiger partial charge in [-0.2, -0.15) is 0 Å². The summed E-state index contributed by atoms with van der Waals surface area (Å²) in [5.74, 6) is -0.00969. The lowest BCUT2D eigenvalue weighted by Gasteiger charge is -2.17. The summed E-state index contributed by atoms with van der Waals surface area (Å²) in [7, 11) is 0. The number of fused-ring (bicyclic) bond motifs is 1. The van der Waals surface area contributed by atoms with E-state index in [-0.39, 0.29) is 30.9 Å². The Kier molecular flexibility index (Phi) is 6.28. The highest BCUT2D eigenvalue weighted by atomic mass is 16.3. The molecule has 3 aromatic rings. The molecule has 2 amide bonds. The Hall–Kier alpha value is -3.25. The summed E-state index contributed by atoms with van der Waals surface area (Å²) in [5, 5.41) is 12.6. The van der Waals surface area contributed by atoms with Gasteiger partial charge >= 0.3 is 0 Å². The zero-order valence-electron chi connectivity index (χ0n) is 17.7. The van der Waals surface area contributed by atoms with Gasteiger partial charge in [0.1, 0.15) is 0 Å². The zero-order chi connectivity index (χ0) is 21.8. The third-order valence-corrected chi connectivity index (χ3v) is 5.78. The van der Waals surface area contributed by atoms with Gasteiger partial charge in [-0.1, -0.05) is 48.0 Å². The summed E-state index contributed by atoms with van der Waals surface area (Å²) in [6, 6.07) is 17.5. The monoisotopic (exact) mass is 417 g/mol. The van der Waals surface area contributed by atoms with Crippen molar-refractivity contribution >= 4 is 22.7 Å². The lowest BCUT2D eigenvalue weighted by molar-refractivity contribution is -0.129. The predicted molar refractivity (Wildman–Crippen MR) is 120 cm³/mol. The number of nitrogens with one attached hydrogen (secondary N) is 1. The van der Waals surface area contributed by atoms with Crippen LogP contribution in [0.25, 0.3) is 10.9 Å². The number of aliphatic hydroxyl groups excluding tert-OH is 1. The number of hydrogen-bond acceptors (Lipinski definition) is 4. The summed E-state index contributed by atoms with van der Waals surface area (Å²) in [4.78, 5) is 32.2. The number of pyridine rings is 1. The van der Waals surface area contributed by atoms with Crippen LogP contribution < -0.4 is 5.32 Å². The third-order valence-electron chi connectivity index (χ3n) is 5.78. The molecule has 6 heteroatoms. The van der Waals surface area contributed by atoms with E-state index < -0.39 is 0 Å². The van der Waals surface area contributed by atoms with E-state index in [1.807, 2.05) is 66.4 Å². The number of likely N-dealkylation sites (tertiary alicyclic amines) is 1. The summed E-state index contributed by atoms with van der Waals surface area (Å²) >= 11 is 0. The summed E-state index contributed by atoms with van der Waals surface area (Å²) in [6.07, 6.45) is 1.22. The lowest BCUT2D eigenvalue weighted by Crippen LogP contribution is -2.30. The highest BCUT2D eigenvalue weighted by Gasteiger charge is 2.29. The van der Waals surface area contributed by atoms with Crippen molar-refractivity contribution in [2.75, 3.05) is 26.2 Å². The number of carbonyl (C=O) groups is 2. The Bertz CT molecular complexity index is 1110. The Balaban J connectivity index is 1.54. The molecular formula is C25H27N3O3. The molecule has 1 aliphatic rings. The maximum atomic E-state index is 12.8. The Morgan fingerprint density at radius 3 is 2.81 bits per heavy atom. The van der Waals surface area contributed by atoms with E-state index in [1.165, 1.54) is 0 Å². The van der Waals surface area contributed by atoms with E-state index in [0.29, 0.717) is 25.1 Å². The highest BCUT2D eigenvalue weighted by molar-refractivity contribution is 6.06. The highest BCUT2D eigenvalue weighted by Crippen LogP contribution is 2.29. The van der Waals surface area contributed by atoms with Crippen molar-refractivity contribution in [2.24, 2.45) is 0 Å². The molecule has 160 valence electrons. The third kappa shape index (κ3) is 4.75. The van der Waals surface area contributed by atoms with Crippen LogP contribution in [-0.4, -0.2) is 53.0 Å². The molecule has 0 unspecified atom stereocenters. The first-order valence-electron chi connectivity index (χ1n) is 10.7. The molecule has 0 spiro atoms. The van der Waals surface area contributed by atoms with Gasteiger partial charge in [0.15, 0.2) is 0 Å². The topological polar surface area (TPSA) is 82.5 Å². The van der Waals surface area contributed by atoms with Gasteiger partial charge in [0, 0.05) is 36.6 Å². The fourth-order valence-electron chi connectivity index (χ4n) is 4.19. The quantitative estimate of drug-likeness (QED) is 0.646. The predicted octanol–water partition coefficient (Wildman–Crippen LogP) is 2.82. The number of carbonyl (C=O) groups excluding carboxylic acids is 2. The van der Waals surface area contributed by atoms with E-state index in [4.69, 9.17) is 10.1 Å². The van der Waals surface area contributed by atoms with Gasteiger partial charge in [0.2, 0.25) is 5.91 Å². The molecule has 0 radical (unpaired) electrons. The minimum absolute atomic E-state index is 0.0930. The molecule has 1 atom stereocenters. The number of aryl methyl sites for hydroxylation is 1. The van der Waals surface area contributed by atoms with Gasteiger partial charge in [-0.15, -0.1) is 0 Å². The Labute approximate surface area is 181 Å². The molecule has 4 rings (SSSR count). The van der Waals surface area contributed by atoms with Crippen LogP contribution in [-0.2, 0) is 11.2 Å². The molecule has 0 bridgehead atoms. The molecule has 6 nitrogen and oxygen atoms in total.